The third-order valence-corrected chi connectivity index (χ3v) is 6.88. The first-order valence-electron chi connectivity index (χ1n) is 9.39. The Balaban J connectivity index is 1.43. The Morgan fingerprint density at radius 3 is 2.72 bits per heavy atom. The van der Waals surface area contributed by atoms with Crippen molar-refractivity contribution in [3.63, 3.8) is 0 Å². The summed E-state index contributed by atoms with van der Waals surface area (Å²) in [6.45, 7) is 2.16. The van der Waals surface area contributed by atoms with Crippen molar-refractivity contribution in [3.05, 3.63) is 22.8 Å². The smallest absolute Gasteiger partial charge is 0.0944 e. The van der Waals surface area contributed by atoms with Crippen LogP contribution < -0.4 is 4.90 Å². The molecule has 1 aromatic heterocycles. The molecule has 3 fully saturated rings. The molecule has 1 saturated carbocycles. The van der Waals surface area contributed by atoms with Gasteiger partial charge in [0.2, 0.25) is 0 Å². The van der Waals surface area contributed by atoms with Crippen molar-refractivity contribution < 1.29 is 9.84 Å². The fourth-order valence-electron chi connectivity index (χ4n) is 4.75. The summed E-state index contributed by atoms with van der Waals surface area (Å²) in [5.74, 6) is 0.481. The molecule has 2 aliphatic heterocycles. The van der Waals surface area contributed by atoms with E-state index in [2.05, 4.69) is 43.8 Å². The van der Waals surface area contributed by atoms with Crippen LogP contribution in [0.5, 0.6) is 0 Å². The zero-order valence-corrected chi connectivity index (χ0v) is 15.9. The quantitative estimate of drug-likeness (QED) is 0.848. The average molecular weight is 406 g/mol. The van der Waals surface area contributed by atoms with Crippen molar-refractivity contribution in [2.75, 3.05) is 24.7 Å². The van der Waals surface area contributed by atoms with Crippen molar-refractivity contribution in [2.45, 2.75) is 50.3 Å². The molecule has 0 spiro atoms. The van der Waals surface area contributed by atoms with Crippen LogP contribution in [0.25, 0.3) is 10.9 Å². The van der Waals surface area contributed by atoms with Crippen LogP contribution in [0.1, 0.15) is 38.1 Å². The second kappa shape index (κ2) is 6.25. The number of ether oxygens (including phenoxy) is 1. The van der Waals surface area contributed by atoms with E-state index < -0.39 is 0 Å². The first-order valence-corrected chi connectivity index (χ1v) is 10.2. The maximum Gasteiger partial charge on any atom is 0.0944 e. The normalized spacial score (nSPS) is 32.0. The van der Waals surface area contributed by atoms with Gasteiger partial charge in [0.15, 0.2) is 0 Å². The van der Waals surface area contributed by atoms with Gasteiger partial charge in [-0.1, -0.05) is 0 Å². The lowest BCUT2D eigenvalue weighted by atomic mass is 9.87. The number of anilines is 1. The largest absolute Gasteiger partial charge is 0.396 e. The molecule has 2 aromatic rings. The zero-order chi connectivity index (χ0) is 17.0. The molecule has 1 N–H and O–H groups in total. The summed E-state index contributed by atoms with van der Waals surface area (Å²) in [5.41, 5.74) is 2.32. The summed E-state index contributed by atoms with van der Waals surface area (Å²) in [6.07, 6.45) is 8.15. The van der Waals surface area contributed by atoms with Gasteiger partial charge in [-0.3, -0.25) is 4.68 Å². The van der Waals surface area contributed by atoms with E-state index in [9.17, 15) is 5.11 Å². The Hall–Kier alpha value is -1.11. The fourth-order valence-corrected chi connectivity index (χ4v) is 5.33. The van der Waals surface area contributed by atoms with Crippen LogP contribution in [0.15, 0.2) is 22.8 Å². The van der Waals surface area contributed by atoms with Gasteiger partial charge in [0.05, 0.1) is 36.0 Å². The number of aliphatic hydroxyl groups excluding tert-OH is 1. The molecule has 0 amide bonds. The molecule has 3 aliphatic rings. The molecule has 5 rings (SSSR count). The number of benzene rings is 1. The summed E-state index contributed by atoms with van der Waals surface area (Å²) >= 11 is 3.77. The maximum atomic E-state index is 9.33. The first-order chi connectivity index (χ1) is 12.2. The molecule has 2 atom stereocenters. The first kappa shape index (κ1) is 16.1. The van der Waals surface area contributed by atoms with E-state index in [0.717, 1.165) is 55.2 Å². The van der Waals surface area contributed by atoms with Gasteiger partial charge in [-0.2, -0.15) is 5.10 Å². The topological polar surface area (TPSA) is 50.5 Å². The Labute approximate surface area is 156 Å². The highest BCUT2D eigenvalue weighted by Gasteiger charge is 2.39. The molecule has 2 saturated heterocycles. The standard InChI is InChI=1S/C19H24BrN3O2/c20-17-5-13-8-23(14-3-1-12(10-24)2-4-14)21-18(13)7-19(17)22-9-16-6-15(22)11-25-16/h5,7-8,12,14-16,24H,1-4,6,9-11H2/t12?,14?,15-,16-/m1/s1. The van der Waals surface area contributed by atoms with Gasteiger partial charge < -0.3 is 14.7 Å². The summed E-state index contributed by atoms with van der Waals surface area (Å²) < 4.78 is 9.05. The molecule has 1 aliphatic carbocycles. The fraction of sp³-hybridized carbons (Fsp3) is 0.632. The van der Waals surface area contributed by atoms with Gasteiger partial charge >= 0.3 is 0 Å². The Kier molecular flexibility index (Phi) is 4.02. The molecule has 0 unspecified atom stereocenters. The maximum absolute atomic E-state index is 9.33. The predicted molar refractivity (Wildman–Crippen MR) is 101 cm³/mol. The SMILES string of the molecule is OCC1CCC(n2cc3cc(Br)c(N4C[C@H]5C[C@@H]4CO5)cc3n2)CC1. The van der Waals surface area contributed by atoms with E-state index in [1.807, 2.05) is 0 Å². The molecule has 0 radical (unpaired) electrons. The molecular weight excluding hydrogens is 382 g/mol. The van der Waals surface area contributed by atoms with Gasteiger partial charge in [-0.25, -0.2) is 0 Å². The van der Waals surface area contributed by atoms with Crippen molar-refractivity contribution in [1.82, 2.24) is 9.78 Å². The van der Waals surface area contributed by atoms with Gasteiger partial charge in [0.25, 0.3) is 0 Å². The van der Waals surface area contributed by atoms with Crippen LogP contribution >= 0.6 is 15.9 Å². The van der Waals surface area contributed by atoms with E-state index in [0.29, 0.717) is 30.7 Å². The number of aliphatic hydroxyl groups is 1. The van der Waals surface area contributed by atoms with Gasteiger partial charge in [-0.05, 0) is 66.1 Å². The molecule has 5 nitrogen and oxygen atoms in total. The molecule has 6 heteroatoms. The predicted octanol–water partition coefficient (Wildman–Crippen LogP) is 3.50. The lowest BCUT2D eigenvalue weighted by Crippen LogP contribution is -2.37. The zero-order valence-electron chi connectivity index (χ0n) is 14.3. The Morgan fingerprint density at radius 1 is 1.20 bits per heavy atom. The number of fused-ring (bicyclic) bond motifs is 3. The van der Waals surface area contributed by atoms with Gasteiger partial charge in [-0.15, -0.1) is 0 Å². The second-order valence-corrected chi connectivity index (χ2v) is 8.68. The number of halogens is 1. The van der Waals surface area contributed by atoms with Crippen LogP contribution in [-0.2, 0) is 4.74 Å². The van der Waals surface area contributed by atoms with Crippen molar-refractivity contribution in [1.29, 1.82) is 0 Å². The van der Waals surface area contributed by atoms with Crippen LogP contribution in [0.4, 0.5) is 5.69 Å². The van der Waals surface area contributed by atoms with Crippen molar-refractivity contribution in [3.8, 4) is 0 Å². The van der Waals surface area contributed by atoms with Gasteiger partial charge in [0, 0.05) is 29.2 Å². The average Bonchev–Trinajstić information content (AvgIpc) is 3.35. The number of hydrogen-bond donors (Lipinski definition) is 1. The highest BCUT2D eigenvalue weighted by Crippen LogP contribution is 2.39. The van der Waals surface area contributed by atoms with Crippen molar-refractivity contribution >= 4 is 32.5 Å². The van der Waals surface area contributed by atoms with Gasteiger partial charge in [0.1, 0.15) is 0 Å². The summed E-state index contributed by atoms with van der Waals surface area (Å²) in [4.78, 5) is 2.48. The summed E-state index contributed by atoms with van der Waals surface area (Å²) in [7, 11) is 0. The molecule has 2 bridgehead atoms. The number of morpholine rings is 1. The number of aromatic nitrogens is 2. The van der Waals surface area contributed by atoms with Crippen LogP contribution in [0.2, 0.25) is 0 Å². The molecule has 1 aromatic carbocycles. The number of hydrogen-bond acceptors (Lipinski definition) is 4. The summed E-state index contributed by atoms with van der Waals surface area (Å²) in [6, 6.07) is 5.42. The van der Waals surface area contributed by atoms with E-state index >= 15 is 0 Å². The highest BCUT2D eigenvalue weighted by molar-refractivity contribution is 9.10. The molecule has 134 valence electrons. The number of nitrogens with zero attached hydrogens (tertiary/aromatic N) is 3. The highest BCUT2D eigenvalue weighted by atomic mass is 79.9. The lowest BCUT2D eigenvalue weighted by Gasteiger charge is -2.29. The third kappa shape index (κ3) is 2.78. The Morgan fingerprint density at radius 2 is 2.04 bits per heavy atom. The number of rotatable bonds is 3. The van der Waals surface area contributed by atoms with Crippen LogP contribution in [-0.4, -0.2) is 46.8 Å². The monoisotopic (exact) mass is 405 g/mol. The molecule has 3 heterocycles. The van der Waals surface area contributed by atoms with Crippen molar-refractivity contribution in [2.24, 2.45) is 5.92 Å². The van der Waals surface area contributed by atoms with E-state index in [4.69, 9.17) is 9.84 Å². The van der Waals surface area contributed by atoms with E-state index in [-0.39, 0.29) is 0 Å². The summed E-state index contributed by atoms with van der Waals surface area (Å²) in [5, 5.41) is 15.4. The molecule has 25 heavy (non-hydrogen) atoms. The van der Waals surface area contributed by atoms with Crippen LogP contribution in [0.3, 0.4) is 0 Å². The van der Waals surface area contributed by atoms with E-state index in [1.165, 1.54) is 11.1 Å². The minimum Gasteiger partial charge on any atom is -0.396 e. The van der Waals surface area contributed by atoms with Crippen LogP contribution in [0, 0.1) is 5.92 Å². The Bertz CT molecular complexity index is 784. The minimum atomic E-state index is 0.325. The lowest BCUT2D eigenvalue weighted by molar-refractivity contribution is 0.0991. The molecular formula is C19H24BrN3O2. The third-order valence-electron chi connectivity index (χ3n) is 6.25. The van der Waals surface area contributed by atoms with E-state index in [1.54, 1.807) is 0 Å². The second-order valence-electron chi connectivity index (χ2n) is 7.83. The minimum absolute atomic E-state index is 0.325.